The first-order valence-electron chi connectivity index (χ1n) is 2.82. The lowest BCUT2D eigenvalue weighted by Gasteiger charge is -2.20. The molecule has 0 saturated heterocycles. The van der Waals surface area contributed by atoms with Crippen LogP contribution in [0.3, 0.4) is 0 Å². The van der Waals surface area contributed by atoms with Crippen molar-refractivity contribution < 1.29 is 18.7 Å². The maximum absolute atomic E-state index is 11.7. The zero-order chi connectivity index (χ0) is 8.15. The van der Waals surface area contributed by atoms with Crippen LogP contribution in [0, 0.1) is 0 Å². The topological polar surface area (TPSA) is 40.5 Å². The normalized spacial score (nSPS) is 13.3. The first-order chi connectivity index (χ1) is 4.63. The number of aliphatic hydroxyl groups excluding tert-OH is 1. The monoisotopic (exact) mass is 153 g/mol. The van der Waals surface area contributed by atoms with Crippen LogP contribution in [0.4, 0.5) is 8.78 Å². The minimum Gasteiger partial charge on any atom is -0.373 e. The molecule has 0 aromatic rings. The molecule has 5 heteroatoms. The first kappa shape index (κ1) is 9.29. The molecule has 0 bridgehead atoms. The van der Waals surface area contributed by atoms with E-state index in [2.05, 4.69) is 0 Å². The maximum atomic E-state index is 11.7. The molecule has 1 amide bonds. The van der Waals surface area contributed by atoms with Gasteiger partial charge >= 0.3 is 6.55 Å². The van der Waals surface area contributed by atoms with Gasteiger partial charge in [-0.25, -0.2) is 0 Å². The number of alkyl halides is 2. The number of carbonyl (C=O) groups excluding carboxylic acids is 1. The lowest BCUT2D eigenvalue weighted by Crippen LogP contribution is -2.37. The average Bonchev–Trinajstić information content (AvgIpc) is 1.88. The molecule has 3 nitrogen and oxygen atoms in total. The van der Waals surface area contributed by atoms with Crippen molar-refractivity contribution in [1.29, 1.82) is 0 Å². The Bertz CT molecular complexity index is 110. The van der Waals surface area contributed by atoms with Crippen molar-refractivity contribution >= 4 is 6.41 Å². The third kappa shape index (κ3) is 2.26. The second-order valence-electron chi connectivity index (χ2n) is 1.72. The van der Waals surface area contributed by atoms with Crippen LogP contribution in [0.25, 0.3) is 0 Å². The van der Waals surface area contributed by atoms with Crippen LogP contribution in [-0.2, 0) is 4.79 Å². The third-order valence-corrected chi connectivity index (χ3v) is 1.06. The molecule has 0 spiro atoms. The molecule has 60 valence electrons. The zero-order valence-electron chi connectivity index (χ0n) is 5.50. The van der Waals surface area contributed by atoms with Gasteiger partial charge in [-0.2, -0.15) is 8.78 Å². The summed E-state index contributed by atoms with van der Waals surface area (Å²) in [5.74, 6) is 0. The quantitative estimate of drug-likeness (QED) is 0.360. The molecule has 1 N–H and O–H groups in total. The molecular weight excluding hydrogens is 144 g/mol. The fourth-order valence-corrected chi connectivity index (χ4v) is 0.457. The van der Waals surface area contributed by atoms with E-state index in [0.717, 1.165) is 0 Å². The van der Waals surface area contributed by atoms with E-state index in [1.54, 1.807) is 0 Å². The van der Waals surface area contributed by atoms with Gasteiger partial charge in [0, 0.05) is 0 Å². The van der Waals surface area contributed by atoms with Gasteiger partial charge in [0.1, 0.15) is 6.23 Å². The molecule has 1 atom stereocenters. The highest BCUT2D eigenvalue weighted by molar-refractivity contribution is 5.47. The van der Waals surface area contributed by atoms with Crippen molar-refractivity contribution in [3.63, 3.8) is 0 Å². The SMILES string of the molecule is CCC(O)N(C=O)C(F)F. The molecule has 0 aromatic heterocycles. The molecule has 0 aromatic carbocycles. The van der Waals surface area contributed by atoms with Crippen molar-refractivity contribution in [2.24, 2.45) is 0 Å². The van der Waals surface area contributed by atoms with Crippen LogP contribution in [0.1, 0.15) is 13.3 Å². The summed E-state index contributed by atoms with van der Waals surface area (Å²) < 4.78 is 23.3. The minimum absolute atomic E-state index is 0.0556. The first-order valence-corrected chi connectivity index (χ1v) is 2.82. The van der Waals surface area contributed by atoms with Crippen molar-refractivity contribution in [1.82, 2.24) is 4.90 Å². The van der Waals surface area contributed by atoms with Crippen molar-refractivity contribution in [3.8, 4) is 0 Å². The summed E-state index contributed by atoms with van der Waals surface area (Å²) in [5, 5.41) is 8.70. The molecule has 0 saturated carbocycles. The molecule has 1 unspecified atom stereocenters. The fourth-order valence-electron chi connectivity index (χ4n) is 0.457. The van der Waals surface area contributed by atoms with Gasteiger partial charge in [-0.15, -0.1) is 0 Å². The second kappa shape index (κ2) is 4.16. The van der Waals surface area contributed by atoms with Gasteiger partial charge in [0.25, 0.3) is 0 Å². The summed E-state index contributed by atoms with van der Waals surface area (Å²) in [7, 11) is 0. The Labute approximate surface area is 57.2 Å². The fraction of sp³-hybridized carbons (Fsp3) is 0.800. The second-order valence-corrected chi connectivity index (χ2v) is 1.72. The number of aliphatic hydroxyl groups is 1. The van der Waals surface area contributed by atoms with E-state index in [4.69, 9.17) is 5.11 Å². The summed E-state index contributed by atoms with van der Waals surface area (Å²) in [6.07, 6.45) is -1.35. The van der Waals surface area contributed by atoms with Crippen LogP contribution in [-0.4, -0.2) is 29.2 Å². The number of rotatable bonds is 4. The van der Waals surface area contributed by atoms with Crippen LogP contribution in [0.2, 0.25) is 0 Å². The Balaban J connectivity index is 3.92. The van der Waals surface area contributed by atoms with E-state index in [-0.39, 0.29) is 17.7 Å². The molecular formula is C5H9F2NO2. The molecule has 0 rings (SSSR count). The number of hydrogen-bond donors (Lipinski definition) is 1. The van der Waals surface area contributed by atoms with E-state index < -0.39 is 12.8 Å². The average molecular weight is 153 g/mol. The number of carbonyl (C=O) groups is 1. The largest absolute Gasteiger partial charge is 0.373 e. The smallest absolute Gasteiger partial charge is 0.319 e. The molecule has 10 heavy (non-hydrogen) atoms. The predicted octanol–water partition coefficient (Wildman–Crippen LogP) is 0.396. The van der Waals surface area contributed by atoms with Crippen LogP contribution in [0.15, 0.2) is 0 Å². The minimum atomic E-state index is -2.92. The van der Waals surface area contributed by atoms with Crippen molar-refractivity contribution in [2.45, 2.75) is 26.1 Å². The maximum Gasteiger partial charge on any atom is 0.319 e. The van der Waals surface area contributed by atoms with Crippen LogP contribution in [0.5, 0.6) is 0 Å². The molecule has 0 aliphatic rings. The number of halogens is 2. The summed E-state index contributed by atoms with van der Waals surface area (Å²) >= 11 is 0. The highest BCUT2D eigenvalue weighted by Crippen LogP contribution is 2.05. The molecule has 0 aliphatic heterocycles. The molecule has 0 heterocycles. The Morgan fingerprint density at radius 2 is 2.20 bits per heavy atom. The highest BCUT2D eigenvalue weighted by atomic mass is 19.3. The predicted molar refractivity (Wildman–Crippen MR) is 30.2 cm³/mol. The van der Waals surface area contributed by atoms with E-state index in [1.807, 2.05) is 0 Å². The zero-order valence-corrected chi connectivity index (χ0v) is 5.50. The Morgan fingerprint density at radius 1 is 1.70 bits per heavy atom. The van der Waals surface area contributed by atoms with Gasteiger partial charge in [0.2, 0.25) is 6.41 Å². The van der Waals surface area contributed by atoms with E-state index in [9.17, 15) is 13.6 Å². The Hall–Kier alpha value is -0.710. The Morgan fingerprint density at radius 3 is 2.30 bits per heavy atom. The van der Waals surface area contributed by atoms with E-state index in [0.29, 0.717) is 0 Å². The van der Waals surface area contributed by atoms with Gasteiger partial charge in [0.05, 0.1) is 0 Å². The van der Waals surface area contributed by atoms with Gasteiger partial charge in [-0.1, -0.05) is 6.92 Å². The van der Waals surface area contributed by atoms with Crippen molar-refractivity contribution in [2.75, 3.05) is 0 Å². The molecule has 0 radical (unpaired) electrons. The lowest BCUT2D eigenvalue weighted by atomic mass is 10.4. The summed E-state index contributed by atoms with van der Waals surface area (Å²) in [5.41, 5.74) is 0. The third-order valence-electron chi connectivity index (χ3n) is 1.06. The highest BCUT2D eigenvalue weighted by Gasteiger charge is 2.19. The van der Waals surface area contributed by atoms with E-state index in [1.165, 1.54) is 6.92 Å². The van der Waals surface area contributed by atoms with Crippen molar-refractivity contribution in [3.05, 3.63) is 0 Å². The van der Waals surface area contributed by atoms with Crippen LogP contribution >= 0.6 is 0 Å². The number of amides is 1. The Kier molecular flexibility index (Phi) is 3.87. The van der Waals surface area contributed by atoms with E-state index >= 15 is 0 Å². The number of hydrogen-bond acceptors (Lipinski definition) is 2. The van der Waals surface area contributed by atoms with Gasteiger partial charge < -0.3 is 5.11 Å². The lowest BCUT2D eigenvalue weighted by molar-refractivity contribution is -0.153. The summed E-state index contributed by atoms with van der Waals surface area (Å²) in [6, 6.07) is 0. The molecule has 0 aliphatic carbocycles. The molecule has 0 fully saturated rings. The standard InChI is InChI=1S/C5H9F2NO2/c1-2-4(10)8(3-9)5(6)7/h3-5,10H,2H2,1H3. The number of nitrogens with zero attached hydrogens (tertiary/aromatic N) is 1. The van der Waals surface area contributed by atoms with Gasteiger partial charge in [-0.05, 0) is 6.42 Å². The van der Waals surface area contributed by atoms with Crippen LogP contribution < -0.4 is 0 Å². The summed E-state index contributed by atoms with van der Waals surface area (Å²) in [4.78, 5) is 9.89. The van der Waals surface area contributed by atoms with Gasteiger partial charge in [-0.3, -0.25) is 9.69 Å². The van der Waals surface area contributed by atoms with Gasteiger partial charge in [0.15, 0.2) is 0 Å². The summed E-state index contributed by atoms with van der Waals surface area (Å²) in [6.45, 7) is -1.42.